The molecule has 0 saturated heterocycles. The molecule has 0 aliphatic rings. The highest BCUT2D eigenvalue weighted by Gasteiger charge is 2.23. The van der Waals surface area contributed by atoms with Crippen LogP contribution in [-0.2, 0) is 10.0 Å². The van der Waals surface area contributed by atoms with Gasteiger partial charge in [-0.1, -0.05) is 47.2 Å². The second-order valence-corrected chi connectivity index (χ2v) is 9.20. The molecule has 0 radical (unpaired) electrons. The summed E-state index contributed by atoms with van der Waals surface area (Å²) in [7, 11) is -3.89. The van der Waals surface area contributed by atoms with Crippen molar-refractivity contribution in [2.24, 2.45) is 0 Å². The first kappa shape index (κ1) is 20.9. The van der Waals surface area contributed by atoms with Gasteiger partial charge >= 0.3 is 0 Å². The summed E-state index contributed by atoms with van der Waals surface area (Å²) >= 11 is 0.775. The van der Waals surface area contributed by atoms with Gasteiger partial charge in [-0.15, -0.1) is 10.2 Å². The van der Waals surface area contributed by atoms with E-state index in [0.29, 0.717) is 11.3 Å². The molecule has 0 saturated carbocycles. The molecule has 0 bridgehead atoms. The third-order valence-electron chi connectivity index (χ3n) is 3.77. The number of benzene rings is 2. The molecule has 3 aromatic rings. The highest BCUT2D eigenvalue weighted by molar-refractivity contribution is 7.91. The minimum absolute atomic E-state index is 0.0998. The van der Waals surface area contributed by atoms with Crippen LogP contribution in [0, 0.1) is 6.92 Å². The molecule has 10 heteroatoms. The van der Waals surface area contributed by atoms with E-state index < -0.39 is 22.0 Å². The largest absolute Gasteiger partial charge is 0.492 e. The fourth-order valence-corrected chi connectivity index (χ4v) is 4.47. The predicted octanol–water partition coefficient (Wildman–Crippen LogP) is 2.84. The number of nitrogens with zero attached hydrogens (tertiary/aromatic N) is 2. The molecule has 0 fully saturated rings. The van der Waals surface area contributed by atoms with Crippen molar-refractivity contribution >= 4 is 32.4 Å². The number of rotatable bonds is 8. The van der Waals surface area contributed by atoms with Crippen LogP contribution < -0.4 is 14.8 Å². The minimum atomic E-state index is -3.89. The summed E-state index contributed by atoms with van der Waals surface area (Å²) in [6, 6.07) is 15.5. The lowest BCUT2D eigenvalue weighted by Gasteiger charge is -2.14. The summed E-state index contributed by atoms with van der Waals surface area (Å²) in [4.78, 5) is 12.1. The number of amides is 1. The summed E-state index contributed by atoms with van der Waals surface area (Å²) in [5, 5.41) is 10.1. The van der Waals surface area contributed by atoms with Crippen LogP contribution in [-0.4, -0.2) is 37.2 Å². The van der Waals surface area contributed by atoms with Gasteiger partial charge in [-0.05, 0) is 38.1 Å². The Bertz CT molecular complexity index is 1070. The van der Waals surface area contributed by atoms with Gasteiger partial charge < -0.3 is 4.74 Å². The zero-order valence-corrected chi connectivity index (χ0v) is 17.5. The Morgan fingerprint density at radius 3 is 2.48 bits per heavy atom. The van der Waals surface area contributed by atoms with Crippen LogP contribution >= 0.6 is 11.3 Å². The highest BCUT2D eigenvalue weighted by atomic mass is 32.2. The predicted molar refractivity (Wildman–Crippen MR) is 111 cm³/mol. The highest BCUT2D eigenvalue weighted by Crippen LogP contribution is 2.21. The number of sulfonamides is 1. The van der Waals surface area contributed by atoms with Crippen LogP contribution in [0.5, 0.6) is 5.75 Å². The fraction of sp³-hybridized carbons (Fsp3) is 0.211. The smallest absolute Gasteiger partial charge is 0.270 e. The number of nitrogens with one attached hydrogen (secondary N) is 2. The molecule has 1 atom stereocenters. The maximum absolute atomic E-state index is 12.5. The van der Waals surface area contributed by atoms with Crippen molar-refractivity contribution in [2.75, 3.05) is 11.9 Å². The van der Waals surface area contributed by atoms with Crippen LogP contribution in [0.3, 0.4) is 0 Å². The molecule has 2 N–H and O–H groups in total. The van der Waals surface area contributed by atoms with Crippen molar-refractivity contribution in [3.8, 4) is 5.75 Å². The Hall–Kier alpha value is -2.82. The van der Waals surface area contributed by atoms with Crippen molar-refractivity contribution in [2.45, 2.75) is 24.2 Å². The van der Waals surface area contributed by atoms with E-state index in [-0.39, 0.29) is 16.1 Å². The molecule has 1 amide bonds. The summed E-state index contributed by atoms with van der Waals surface area (Å²) in [5.41, 5.74) is 1.55. The quantitative estimate of drug-likeness (QED) is 0.530. The normalized spacial score (nSPS) is 12.3. The molecule has 3 rings (SSSR count). The maximum atomic E-state index is 12.5. The Labute approximate surface area is 173 Å². The molecule has 0 aliphatic carbocycles. The summed E-state index contributed by atoms with van der Waals surface area (Å²) in [6.45, 7) is 3.81. The Balaban J connectivity index is 1.58. The first-order valence-corrected chi connectivity index (χ1v) is 11.0. The van der Waals surface area contributed by atoms with Gasteiger partial charge in [-0.2, -0.15) is 0 Å². The molecule has 1 aromatic heterocycles. The summed E-state index contributed by atoms with van der Waals surface area (Å²) < 4.78 is 32.8. The van der Waals surface area contributed by atoms with Crippen LogP contribution in [0.2, 0.25) is 0 Å². The molecule has 1 unspecified atom stereocenters. The number of aromatic nitrogens is 2. The maximum Gasteiger partial charge on any atom is 0.270 e. The average molecular weight is 433 g/mol. The van der Waals surface area contributed by atoms with E-state index in [1.807, 2.05) is 31.2 Å². The van der Waals surface area contributed by atoms with E-state index in [9.17, 15) is 13.2 Å². The van der Waals surface area contributed by atoms with Gasteiger partial charge in [0.1, 0.15) is 12.4 Å². The van der Waals surface area contributed by atoms with Crippen molar-refractivity contribution < 1.29 is 17.9 Å². The Morgan fingerprint density at radius 2 is 1.79 bits per heavy atom. The first-order chi connectivity index (χ1) is 13.8. The fourth-order valence-electron chi connectivity index (χ4n) is 2.33. The third-order valence-corrected chi connectivity index (χ3v) is 6.57. The van der Waals surface area contributed by atoms with Gasteiger partial charge in [0.05, 0.1) is 6.04 Å². The molecular formula is C19H20N4O4S2. The zero-order chi connectivity index (χ0) is 20.9. The van der Waals surface area contributed by atoms with E-state index in [4.69, 9.17) is 4.74 Å². The number of ether oxygens (including phenoxy) is 1. The second kappa shape index (κ2) is 9.12. The van der Waals surface area contributed by atoms with Gasteiger partial charge in [0.25, 0.3) is 15.9 Å². The number of aryl methyl sites for hydroxylation is 1. The molecule has 29 heavy (non-hydrogen) atoms. The van der Waals surface area contributed by atoms with Gasteiger partial charge in [0.15, 0.2) is 0 Å². The monoisotopic (exact) mass is 432 g/mol. The van der Waals surface area contributed by atoms with Gasteiger partial charge in [-0.3, -0.25) is 10.1 Å². The van der Waals surface area contributed by atoms with Crippen LogP contribution in [0.15, 0.2) is 58.9 Å². The van der Waals surface area contributed by atoms with E-state index in [0.717, 1.165) is 16.9 Å². The zero-order valence-electron chi connectivity index (χ0n) is 15.8. The number of anilines is 1. The summed E-state index contributed by atoms with van der Waals surface area (Å²) in [5.74, 6) is 0.266. The molecule has 2 aromatic carbocycles. The lowest BCUT2D eigenvalue weighted by Crippen LogP contribution is -2.36. The lowest BCUT2D eigenvalue weighted by molar-refractivity contribution is 0.102. The van der Waals surface area contributed by atoms with Crippen LogP contribution in [0.25, 0.3) is 0 Å². The van der Waals surface area contributed by atoms with E-state index in [1.54, 1.807) is 37.3 Å². The lowest BCUT2D eigenvalue weighted by atomic mass is 10.2. The van der Waals surface area contributed by atoms with E-state index >= 15 is 0 Å². The Morgan fingerprint density at radius 1 is 1.10 bits per heavy atom. The molecule has 0 aliphatic heterocycles. The van der Waals surface area contributed by atoms with Crippen LogP contribution in [0.4, 0.5) is 5.13 Å². The van der Waals surface area contributed by atoms with Crippen molar-refractivity contribution in [3.05, 3.63) is 65.7 Å². The van der Waals surface area contributed by atoms with E-state index in [2.05, 4.69) is 20.2 Å². The van der Waals surface area contributed by atoms with Crippen molar-refractivity contribution in [1.82, 2.24) is 14.9 Å². The standard InChI is InChI=1S/C19H20N4O4S2/c1-13-8-10-16(11-9-13)27-12-14(2)23-29(25,26)19-22-21-18(28-19)20-17(24)15-6-4-3-5-7-15/h3-11,14,23H,12H2,1-2H3,(H,20,21,24). The molecular weight excluding hydrogens is 412 g/mol. The van der Waals surface area contributed by atoms with Gasteiger partial charge in [0, 0.05) is 5.56 Å². The van der Waals surface area contributed by atoms with Gasteiger partial charge in [-0.25, -0.2) is 13.1 Å². The third kappa shape index (κ3) is 5.83. The molecule has 8 nitrogen and oxygen atoms in total. The SMILES string of the molecule is Cc1ccc(OCC(C)NS(=O)(=O)c2nnc(NC(=O)c3ccccc3)s2)cc1. The first-order valence-electron chi connectivity index (χ1n) is 8.75. The average Bonchev–Trinajstić information content (AvgIpc) is 3.17. The minimum Gasteiger partial charge on any atom is -0.492 e. The summed E-state index contributed by atoms with van der Waals surface area (Å²) in [6.07, 6.45) is 0. The number of carbonyl (C=O) groups is 1. The van der Waals surface area contributed by atoms with Crippen molar-refractivity contribution in [1.29, 1.82) is 0 Å². The van der Waals surface area contributed by atoms with Crippen LogP contribution in [0.1, 0.15) is 22.8 Å². The molecule has 152 valence electrons. The number of hydrogen-bond acceptors (Lipinski definition) is 7. The second-order valence-electron chi connectivity index (χ2n) is 6.34. The Kier molecular flexibility index (Phi) is 6.57. The van der Waals surface area contributed by atoms with Crippen molar-refractivity contribution in [3.63, 3.8) is 0 Å². The number of hydrogen-bond donors (Lipinski definition) is 2. The topological polar surface area (TPSA) is 110 Å². The number of carbonyl (C=O) groups excluding carboxylic acids is 1. The molecule has 0 spiro atoms. The molecule has 1 heterocycles. The van der Waals surface area contributed by atoms with E-state index in [1.165, 1.54) is 0 Å². The van der Waals surface area contributed by atoms with Gasteiger partial charge in [0.2, 0.25) is 9.47 Å².